The lowest BCUT2D eigenvalue weighted by molar-refractivity contribution is -0.388. The number of hydrogen-bond acceptors (Lipinski definition) is 5. The van der Waals surface area contributed by atoms with Crippen molar-refractivity contribution in [2.75, 3.05) is 7.05 Å². The summed E-state index contributed by atoms with van der Waals surface area (Å²) in [5.74, 6) is 0. The van der Waals surface area contributed by atoms with E-state index in [1.807, 2.05) is 0 Å². The zero-order valence-electron chi connectivity index (χ0n) is 13.9. The van der Waals surface area contributed by atoms with Crippen LogP contribution in [0.15, 0.2) is 41.6 Å². The Labute approximate surface area is 141 Å². The van der Waals surface area contributed by atoms with E-state index in [0.717, 1.165) is 9.87 Å². The van der Waals surface area contributed by atoms with Gasteiger partial charge < -0.3 is 0 Å². The molecule has 0 amide bonds. The lowest BCUT2D eigenvalue weighted by atomic mass is 10.1. The quantitative estimate of drug-likeness (QED) is 0.611. The summed E-state index contributed by atoms with van der Waals surface area (Å²) >= 11 is 0. The lowest BCUT2D eigenvalue weighted by Gasteiger charge is -2.25. The predicted octanol–water partition coefficient (Wildman–Crippen LogP) is 2.99. The molecule has 1 aromatic heterocycles. The fourth-order valence-electron chi connectivity index (χ4n) is 2.45. The van der Waals surface area contributed by atoms with E-state index in [2.05, 4.69) is 4.98 Å². The van der Waals surface area contributed by atoms with Crippen LogP contribution in [0.4, 0.5) is 5.69 Å². The van der Waals surface area contributed by atoms with Crippen molar-refractivity contribution in [1.29, 1.82) is 0 Å². The Bertz CT molecular complexity index is 866. The van der Waals surface area contributed by atoms with Gasteiger partial charge in [-0.3, -0.25) is 15.1 Å². The van der Waals surface area contributed by atoms with Crippen LogP contribution in [0.2, 0.25) is 0 Å². The Morgan fingerprint density at radius 1 is 1.17 bits per heavy atom. The molecule has 2 rings (SSSR count). The van der Waals surface area contributed by atoms with Gasteiger partial charge in [0, 0.05) is 31.5 Å². The number of rotatable bonds is 5. The van der Waals surface area contributed by atoms with E-state index in [-0.39, 0.29) is 4.90 Å². The molecule has 2 aromatic rings. The zero-order valence-corrected chi connectivity index (χ0v) is 14.7. The number of aryl methyl sites for hydroxylation is 1. The fourth-order valence-corrected chi connectivity index (χ4v) is 4.23. The first-order valence-corrected chi connectivity index (χ1v) is 8.74. The summed E-state index contributed by atoms with van der Waals surface area (Å²) in [6, 6.07) is 5.74. The van der Waals surface area contributed by atoms with Crippen LogP contribution in [0, 0.1) is 24.0 Å². The molecular formula is C16H19N3O4S. The second-order valence-corrected chi connectivity index (χ2v) is 7.52. The maximum absolute atomic E-state index is 13.1. The molecule has 128 valence electrons. The monoisotopic (exact) mass is 349 g/mol. The van der Waals surface area contributed by atoms with Gasteiger partial charge in [0.05, 0.1) is 4.92 Å². The van der Waals surface area contributed by atoms with Crippen LogP contribution >= 0.6 is 0 Å². The third-order valence-electron chi connectivity index (χ3n) is 4.22. The standard InChI is InChI=1S/C16H19N3O4S/c1-11-5-6-15(19(20)21)16(12(11)2)24(22,23)18(4)13(3)14-7-9-17-10-8-14/h5-10,13H,1-4H3/t13-/m1/s1. The summed E-state index contributed by atoms with van der Waals surface area (Å²) in [6.45, 7) is 5.04. The number of aromatic nitrogens is 1. The summed E-state index contributed by atoms with van der Waals surface area (Å²) in [5, 5.41) is 11.3. The maximum atomic E-state index is 13.1. The minimum atomic E-state index is -4.04. The Morgan fingerprint density at radius 3 is 2.29 bits per heavy atom. The normalized spacial score (nSPS) is 13.0. The van der Waals surface area contributed by atoms with Gasteiger partial charge in [0.2, 0.25) is 10.0 Å². The summed E-state index contributed by atoms with van der Waals surface area (Å²) in [6.07, 6.45) is 3.15. The molecule has 24 heavy (non-hydrogen) atoms. The van der Waals surface area contributed by atoms with E-state index in [4.69, 9.17) is 0 Å². The van der Waals surface area contributed by atoms with Crippen LogP contribution in [0.1, 0.15) is 29.7 Å². The van der Waals surface area contributed by atoms with Crippen LogP contribution in [0.3, 0.4) is 0 Å². The fraction of sp³-hybridized carbons (Fsp3) is 0.312. The molecule has 0 radical (unpaired) electrons. The van der Waals surface area contributed by atoms with Crippen molar-refractivity contribution in [3.63, 3.8) is 0 Å². The molecule has 0 aliphatic rings. The number of hydrogen-bond donors (Lipinski definition) is 0. The molecule has 1 aromatic carbocycles. The third-order valence-corrected chi connectivity index (χ3v) is 6.33. The molecule has 0 saturated carbocycles. The second kappa shape index (κ2) is 6.66. The minimum Gasteiger partial charge on any atom is -0.265 e. The average Bonchev–Trinajstić information content (AvgIpc) is 2.56. The van der Waals surface area contributed by atoms with Crippen molar-refractivity contribution in [3.05, 3.63) is 63.5 Å². The van der Waals surface area contributed by atoms with E-state index in [9.17, 15) is 18.5 Å². The Hall–Kier alpha value is -2.32. The van der Waals surface area contributed by atoms with Gasteiger partial charge >= 0.3 is 0 Å². The molecular weight excluding hydrogens is 330 g/mol. The molecule has 1 atom stereocenters. The largest absolute Gasteiger partial charge is 0.289 e. The lowest BCUT2D eigenvalue weighted by Crippen LogP contribution is -2.31. The number of pyridine rings is 1. The van der Waals surface area contributed by atoms with Crippen molar-refractivity contribution < 1.29 is 13.3 Å². The van der Waals surface area contributed by atoms with Gasteiger partial charge in [-0.05, 0) is 49.6 Å². The van der Waals surface area contributed by atoms with Crippen molar-refractivity contribution in [2.45, 2.75) is 31.7 Å². The van der Waals surface area contributed by atoms with Crippen LogP contribution < -0.4 is 0 Å². The number of sulfonamides is 1. The van der Waals surface area contributed by atoms with Gasteiger partial charge in [0.1, 0.15) is 0 Å². The Balaban J connectivity index is 2.59. The Morgan fingerprint density at radius 2 is 1.75 bits per heavy atom. The smallest absolute Gasteiger partial charge is 0.265 e. The molecule has 0 fully saturated rings. The minimum absolute atomic E-state index is 0.254. The van der Waals surface area contributed by atoms with Crippen molar-refractivity contribution in [2.24, 2.45) is 0 Å². The molecule has 1 heterocycles. The maximum Gasteiger partial charge on any atom is 0.289 e. The van der Waals surface area contributed by atoms with Crippen LogP contribution in [0.25, 0.3) is 0 Å². The van der Waals surface area contributed by atoms with E-state index >= 15 is 0 Å². The molecule has 0 unspecified atom stereocenters. The summed E-state index contributed by atoms with van der Waals surface area (Å²) in [5.41, 5.74) is 1.41. The predicted molar refractivity (Wildman–Crippen MR) is 90.2 cm³/mol. The molecule has 0 bridgehead atoms. The third kappa shape index (κ3) is 3.15. The van der Waals surface area contributed by atoms with Crippen LogP contribution in [-0.2, 0) is 10.0 Å². The van der Waals surface area contributed by atoms with E-state index < -0.39 is 26.7 Å². The SMILES string of the molecule is Cc1ccc([N+](=O)[O-])c(S(=O)(=O)N(C)[C@H](C)c2ccncc2)c1C. The number of benzene rings is 1. The highest BCUT2D eigenvalue weighted by molar-refractivity contribution is 7.89. The van der Waals surface area contributed by atoms with E-state index in [1.165, 1.54) is 13.1 Å². The highest BCUT2D eigenvalue weighted by atomic mass is 32.2. The van der Waals surface area contributed by atoms with Gasteiger partial charge in [-0.25, -0.2) is 8.42 Å². The van der Waals surface area contributed by atoms with Gasteiger partial charge in [-0.1, -0.05) is 6.07 Å². The van der Waals surface area contributed by atoms with Crippen LogP contribution in [-0.4, -0.2) is 29.7 Å². The highest BCUT2D eigenvalue weighted by Crippen LogP contribution is 2.34. The highest BCUT2D eigenvalue weighted by Gasteiger charge is 2.34. The average molecular weight is 349 g/mol. The van der Waals surface area contributed by atoms with Crippen molar-refractivity contribution in [3.8, 4) is 0 Å². The topological polar surface area (TPSA) is 93.4 Å². The van der Waals surface area contributed by atoms with Crippen LogP contribution in [0.5, 0.6) is 0 Å². The molecule has 0 N–H and O–H groups in total. The van der Waals surface area contributed by atoms with E-state index in [1.54, 1.807) is 51.4 Å². The Kier molecular flexibility index (Phi) is 5.00. The second-order valence-electron chi connectivity index (χ2n) is 5.59. The number of nitro benzene ring substituents is 1. The van der Waals surface area contributed by atoms with Gasteiger partial charge in [0.15, 0.2) is 4.90 Å². The first kappa shape index (κ1) is 18.0. The first-order chi connectivity index (χ1) is 11.2. The molecule has 0 aliphatic heterocycles. The molecule has 7 nitrogen and oxygen atoms in total. The summed E-state index contributed by atoms with van der Waals surface area (Å²) in [4.78, 5) is 14.3. The zero-order chi connectivity index (χ0) is 18.1. The number of nitrogens with zero attached hydrogens (tertiary/aromatic N) is 3. The molecule has 0 aliphatic carbocycles. The summed E-state index contributed by atoms with van der Waals surface area (Å²) < 4.78 is 27.3. The van der Waals surface area contributed by atoms with E-state index in [0.29, 0.717) is 11.1 Å². The summed E-state index contributed by atoms with van der Waals surface area (Å²) in [7, 11) is -2.62. The first-order valence-electron chi connectivity index (χ1n) is 7.30. The van der Waals surface area contributed by atoms with Gasteiger partial charge in [-0.2, -0.15) is 4.31 Å². The molecule has 0 saturated heterocycles. The van der Waals surface area contributed by atoms with Gasteiger partial charge in [0.25, 0.3) is 5.69 Å². The van der Waals surface area contributed by atoms with Crippen molar-refractivity contribution in [1.82, 2.24) is 9.29 Å². The molecule has 8 heteroatoms. The number of nitro groups is 1. The van der Waals surface area contributed by atoms with Crippen molar-refractivity contribution >= 4 is 15.7 Å². The van der Waals surface area contributed by atoms with Gasteiger partial charge in [-0.15, -0.1) is 0 Å². The molecule has 0 spiro atoms.